The number of carbonyl (C=O) groups is 3. The zero-order valence-corrected chi connectivity index (χ0v) is 20.3. The number of carbonyl (C=O) groups excluding carboxylic acids is 3. The van der Waals surface area contributed by atoms with E-state index in [1.165, 1.54) is 30.6 Å². The SMILES string of the molecule is O=C(CC1CCCCC1)Nc1nc2c(s1)C(=O)C[C@@H](C(=O)N1CCCC[C@H]1c1cccnc1)C2. The third kappa shape index (κ3) is 5.06. The summed E-state index contributed by atoms with van der Waals surface area (Å²) in [5, 5.41) is 3.40. The van der Waals surface area contributed by atoms with Gasteiger partial charge in [0.25, 0.3) is 0 Å². The maximum absolute atomic E-state index is 13.6. The lowest BCUT2D eigenvalue weighted by atomic mass is 9.87. The molecule has 0 unspecified atom stereocenters. The smallest absolute Gasteiger partial charge is 0.227 e. The Bertz CT molecular complexity index is 1050. The highest BCUT2D eigenvalue weighted by Gasteiger charge is 2.38. The number of Topliss-reactive ketones (excluding diaryl/α,β-unsaturated/α-hetero) is 1. The average Bonchev–Trinajstić information content (AvgIpc) is 3.27. The second kappa shape index (κ2) is 10.3. The van der Waals surface area contributed by atoms with Crippen LogP contribution in [0, 0.1) is 11.8 Å². The second-order valence-electron chi connectivity index (χ2n) is 9.91. The lowest BCUT2D eigenvalue weighted by molar-refractivity contribution is -0.139. The van der Waals surface area contributed by atoms with E-state index in [4.69, 9.17) is 0 Å². The first-order valence-electron chi connectivity index (χ1n) is 12.6. The van der Waals surface area contributed by atoms with Crippen molar-refractivity contribution < 1.29 is 14.4 Å². The van der Waals surface area contributed by atoms with Crippen molar-refractivity contribution in [2.45, 2.75) is 76.7 Å². The van der Waals surface area contributed by atoms with E-state index >= 15 is 0 Å². The van der Waals surface area contributed by atoms with Crippen LogP contribution in [-0.2, 0) is 16.0 Å². The number of nitrogens with one attached hydrogen (secondary N) is 1. The van der Waals surface area contributed by atoms with Gasteiger partial charge in [-0.25, -0.2) is 4.98 Å². The fourth-order valence-electron chi connectivity index (χ4n) is 5.73. The maximum Gasteiger partial charge on any atom is 0.227 e. The molecule has 2 aromatic rings. The number of piperidine rings is 1. The van der Waals surface area contributed by atoms with Gasteiger partial charge in [-0.15, -0.1) is 0 Å². The Labute approximate surface area is 204 Å². The largest absolute Gasteiger partial charge is 0.335 e. The third-order valence-corrected chi connectivity index (χ3v) is 8.53. The van der Waals surface area contributed by atoms with Gasteiger partial charge in [-0.3, -0.25) is 19.4 Å². The standard InChI is InChI=1S/C26H32N4O3S/c31-22-15-19(25(33)30-12-5-4-10-21(30)18-9-6-11-27-16-18)14-20-24(22)34-26(28-20)29-23(32)13-17-7-2-1-3-8-17/h6,9,11,16-17,19,21H,1-5,7-8,10,12-15H2,(H,28,29,32)/t19-,21-/m0/s1. The van der Waals surface area contributed by atoms with Crippen LogP contribution in [0.15, 0.2) is 24.5 Å². The number of hydrogen-bond donors (Lipinski definition) is 1. The number of rotatable bonds is 5. The summed E-state index contributed by atoms with van der Waals surface area (Å²) in [6, 6.07) is 3.94. The van der Waals surface area contributed by atoms with Crippen molar-refractivity contribution in [3.05, 3.63) is 40.7 Å². The van der Waals surface area contributed by atoms with E-state index in [-0.39, 0.29) is 30.1 Å². The molecule has 34 heavy (non-hydrogen) atoms. The highest BCUT2D eigenvalue weighted by molar-refractivity contribution is 7.17. The Balaban J connectivity index is 1.26. The van der Waals surface area contributed by atoms with Gasteiger partial charge in [-0.05, 0) is 49.7 Å². The topological polar surface area (TPSA) is 92.3 Å². The van der Waals surface area contributed by atoms with Crippen molar-refractivity contribution in [1.29, 1.82) is 0 Å². The Hall–Kier alpha value is -2.61. The van der Waals surface area contributed by atoms with Crippen LogP contribution in [0.2, 0.25) is 0 Å². The Morgan fingerprint density at radius 3 is 2.71 bits per heavy atom. The zero-order valence-electron chi connectivity index (χ0n) is 19.5. The summed E-state index contributed by atoms with van der Waals surface area (Å²) in [5.41, 5.74) is 1.71. The molecule has 0 bridgehead atoms. The molecule has 3 heterocycles. The molecule has 5 rings (SSSR count). The fourth-order valence-corrected chi connectivity index (χ4v) is 6.69. The number of ketones is 1. The molecule has 0 radical (unpaired) electrons. The van der Waals surface area contributed by atoms with Crippen LogP contribution in [0.25, 0.3) is 0 Å². The summed E-state index contributed by atoms with van der Waals surface area (Å²) in [7, 11) is 0. The maximum atomic E-state index is 13.6. The number of likely N-dealkylation sites (tertiary alicyclic amines) is 1. The van der Waals surface area contributed by atoms with Crippen LogP contribution < -0.4 is 5.32 Å². The summed E-state index contributed by atoms with van der Waals surface area (Å²) < 4.78 is 0. The van der Waals surface area contributed by atoms with E-state index in [2.05, 4.69) is 15.3 Å². The van der Waals surface area contributed by atoms with E-state index in [0.717, 1.165) is 37.7 Å². The van der Waals surface area contributed by atoms with Crippen LogP contribution in [0.1, 0.15) is 91.2 Å². The molecule has 0 spiro atoms. The second-order valence-corrected chi connectivity index (χ2v) is 10.9. The molecule has 2 aromatic heterocycles. The van der Waals surface area contributed by atoms with Gasteiger partial charge >= 0.3 is 0 Å². The minimum atomic E-state index is -0.398. The van der Waals surface area contributed by atoms with E-state index in [1.54, 1.807) is 6.20 Å². The third-order valence-electron chi connectivity index (χ3n) is 7.47. The van der Waals surface area contributed by atoms with Gasteiger partial charge in [-0.1, -0.05) is 36.7 Å². The zero-order chi connectivity index (χ0) is 23.5. The van der Waals surface area contributed by atoms with Crippen molar-refractivity contribution in [2.75, 3.05) is 11.9 Å². The molecule has 1 aliphatic heterocycles. The molecule has 8 heteroatoms. The molecule has 1 saturated carbocycles. The number of nitrogens with zero attached hydrogens (tertiary/aromatic N) is 3. The number of pyridine rings is 1. The van der Waals surface area contributed by atoms with E-state index in [9.17, 15) is 14.4 Å². The first kappa shape index (κ1) is 23.1. The number of fused-ring (bicyclic) bond motifs is 1. The van der Waals surface area contributed by atoms with Crippen LogP contribution in [0.3, 0.4) is 0 Å². The Morgan fingerprint density at radius 2 is 1.91 bits per heavy atom. The van der Waals surface area contributed by atoms with Crippen LogP contribution >= 0.6 is 11.3 Å². The Morgan fingerprint density at radius 1 is 1.09 bits per heavy atom. The van der Waals surface area contributed by atoms with Crippen molar-refractivity contribution in [3.63, 3.8) is 0 Å². The van der Waals surface area contributed by atoms with E-state index in [0.29, 0.717) is 41.0 Å². The van der Waals surface area contributed by atoms with Gasteiger partial charge in [0.15, 0.2) is 10.9 Å². The van der Waals surface area contributed by atoms with Gasteiger partial charge in [0, 0.05) is 38.2 Å². The number of anilines is 1. The number of thiazole rings is 1. The van der Waals surface area contributed by atoms with Crippen molar-refractivity contribution in [2.24, 2.45) is 11.8 Å². The van der Waals surface area contributed by atoms with Gasteiger partial charge in [-0.2, -0.15) is 0 Å². The summed E-state index contributed by atoms with van der Waals surface area (Å²) in [4.78, 5) is 50.4. The van der Waals surface area contributed by atoms with Crippen molar-refractivity contribution in [3.8, 4) is 0 Å². The van der Waals surface area contributed by atoms with Gasteiger partial charge in [0.05, 0.1) is 22.5 Å². The summed E-state index contributed by atoms with van der Waals surface area (Å²) in [6.45, 7) is 0.704. The molecule has 0 aromatic carbocycles. The molecule has 2 fully saturated rings. The van der Waals surface area contributed by atoms with Gasteiger partial charge in [0.1, 0.15) is 0 Å². The molecule has 2 amide bonds. The lowest BCUT2D eigenvalue weighted by Gasteiger charge is -2.38. The first-order valence-corrected chi connectivity index (χ1v) is 13.4. The molecule has 180 valence electrons. The molecule has 1 N–H and O–H groups in total. The first-order chi connectivity index (χ1) is 16.6. The van der Waals surface area contributed by atoms with Crippen molar-refractivity contribution in [1.82, 2.24) is 14.9 Å². The summed E-state index contributed by atoms with van der Waals surface area (Å²) >= 11 is 1.25. The highest BCUT2D eigenvalue weighted by Crippen LogP contribution is 2.37. The molecular formula is C26H32N4O3S. The van der Waals surface area contributed by atoms with E-state index in [1.807, 2.05) is 23.2 Å². The van der Waals surface area contributed by atoms with Gasteiger partial charge < -0.3 is 10.2 Å². The molecule has 2 atom stereocenters. The quantitative estimate of drug-likeness (QED) is 0.654. The number of amides is 2. The minimum absolute atomic E-state index is 0.0107. The molecule has 3 aliphatic rings. The van der Waals surface area contributed by atoms with Crippen molar-refractivity contribution >= 4 is 34.1 Å². The lowest BCUT2D eigenvalue weighted by Crippen LogP contribution is -2.44. The minimum Gasteiger partial charge on any atom is -0.335 e. The molecule has 2 aliphatic carbocycles. The van der Waals surface area contributed by atoms with E-state index < -0.39 is 5.92 Å². The number of aromatic nitrogens is 2. The van der Waals surface area contributed by atoms with Crippen LogP contribution in [0.4, 0.5) is 5.13 Å². The monoisotopic (exact) mass is 480 g/mol. The fraction of sp³-hybridized carbons (Fsp3) is 0.577. The van der Waals surface area contributed by atoms with Crippen LogP contribution in [-0.4, -0.2) is 39.0 Å². The predicted octanol–water partition coefficient (Wildman–Crippen LogP) is 4.95. The Kier molecular flexibility index (Phi) is 7.04. The summed E-state index contributed by atoms with van der Waals surface area (Å²) in [5.74, 6) is 0.0170. The predicted molar refractivity (Wildman–Crippen MR) is 131 cm³/mol. The normalized spacial score (nSPS) is 23.4. The van der Waals surface area contributed by atoms with Gasteiger partial charge in [0.2, 0.25) is 11.8 Å². The average molecular weight is 481 g/mol. The highest BCUT2D eigenvalue weighted by atomic mass is 32.1. The number of hydrogen-bond acceptors (Lipinski definition) is 6. The summed E-state index contributed by atoms with van der Waals surface area (Å²) in [6.07, 6.45) is 13.6. The molecule has 1 saturated heterocycles. The molecule has 7 nitrogen and oxygen atoms in total. The van der Waals surface area contributed by atoms with Crippen LogP contribution in [0.5, 0.6) is 0 Å². The molecular weight excluding hydrogens is 448 g/mol.